The molecule has 0 atom stereocenters. The van der Waals surface area contributed by atoms with Gasteiger partial charge in [-0.3, -0.25) is 0 Å². The average Bonchev–Trinajstić information content (AvgIpc) is 2.18. The van der Waals surface area contributed by atoms with Crippen molar-refractivity contribution >= 4 is 26.7 Å². The normalized spacial score (nSPS) is 10.6. The van der Waals surface area contributed by atoms with Crippen LogP contribution in [-0.2, 0) is 5.33 Å². The van der Waals surface area contributed by atoms with Crippen LogP contribution in [0.1, 0.15) is 11.1 Å². The molecule has 0 amide bonds. The number of fused-ring (bicyclic) bond motifs is 1. The monoisotopic (exact) mass is 234 g/mol. The maximum absolute atomic E-state index is 3.50. The van der Waals surface area contributed by atoms with Gasteiger partial charge in [-0.25, -0.2) is 0 Å². The molecule has 0 saturated carbocycles. The van der Waals surface area contributed by atoms with E-state index in [-0.39, 0.29) is 0 Å². The van der Waals surface area contributed by atoms with Gasteiger partial charge in [-0.05, 0) is 28.8 Å². The molecule has 2 rings (SSSR count). The molecular weight excluding hydrogens is 224 g/mol. The Morgan fingerprint density at radius 1 is 1.00 bits per heavy atom. The third-order valence-electron chi connectivity index (χ3n) is 2.37. The lowest BCUT2D eigenvalue weighted by Gasteiger charge is -2.05. The number of alkyl halides is 1. The molecule has 0 radical (unpaired) electrons. The van der Waals surface area contributed by atoms with Crippen LogP contribution in [-0.4, -0.2) is 0 Å². The molecule has 1 heteroatoms. The zero-order chi connectivity index (χ0) is 9.26. The van der Waals surface area contributed by atoms with Crippen LogP contribution in [0.3, 0.4) is 0 Å². The van der Waals surface area contributed by atoms with Gasteiger partial charge in [0.05, 0.1) is 0 Å². The van der Waals surface area contributed by atoms with Gasteiger partial charge in [0.1, 0.15) is 0 Å². The maximum atomic E-state index is 3.50. The van der Waals surface area contributed by atoms with E-state index in [0.717, 1.165) is 5.33 Å². The van der Waals surface area contributed by atoms with Crippen molar-refractivity contribution in [1.82, 2.24) is 0 Å². The molecule has 0 nitrogen and oxygen atoms in total. The molecule has 0 spiro atoms. The molecule has 0 fully saturated rings. The molecule has 13 heavy (non-hydrogen) atoms. The van der Waals surface area contributed by atoms with Gasteiger partial charge in [0.2, 0.25) is 0 Å². The van der Waals surface area contributed by atoms with Gasteiger partial charge in [-0.2, -0.15) is 0 Å². The summed E-state index contributed by atoms with van der Waals surface area (Å²) in [7, 11) is 0. The number of rotatable bonds is 1. The second-order valence-electron chi connectivity index (χ2n) is 3.22. The smallest absolute Gasteiger partial charge is 0.0289 e. The highest BCUT2D eigenvalue weighted by atomic mass is 79.9. The third kappa shape index (κ3) is 1.49. The molecule has 0 bridgehead atoms. The van der Waals surface area contributed by atoms with Crippen molar-refractivity contribution in [2.45, 2.75) is 12.3 Å². The van der Waals surface area contributed by atoms with Gasteiger partial charge < -0.3 is 0 Å². The van der Waals surface area contributed by atoms with E-state index in [4.69, 9.17) is 0 Å². The number of benzene rings is 2. The van der Waals surface area contributed by atoms with Crippen molar-refractivity contribution in [2.75, 3.05) is 0 Å². The van der Waals surface area contributed by atoms with E-state index in [1.165, 1.54) is 21.9 Å². The van der Waals surface area contributed by atoms with Gasteiger partial charge in [-0.1, -0.05) is 52.3 Å². The van der Waals surface area contributed by atoms with E-state index >= 15 is 0 Å². The molecule has 0 heterocycles. The highest BCUT2D eigenvalue weighted by molar-refractivity contribution is 9.08. The summed E-state index contributed by atoms with van der Waals surface area (Å²) in [5, 5.41) is 3.65. The summed E-state index contributed by atoms with van der Waals surface area (Å²) in [4.78, 5) is 0. The molecule has 0 aliphatic rings. The molecular formula is C12H11Br. The first-order valence-corrected chi connectivity index (χ1v) is 5.48. The molecule has 2 aromatic carbocycles. The predicted octanol–water partition coefficient (Wildman–Crippen LogP) is 4.04. The third-order valence-corrected chi connectivity index (χ3v) is 2.98. The molecule has 0 aliphatic carbocycles. The number of aryl methyl sites for hydroxylation is 1. The first-order chi connectivity index (χ1) is 6.33. The Labute approximate surface area is 86.7 Å². The molecule has 0 N–H and O–H groups in total. The summed E-state index contributed by atoms with van der Waals surface area (Å²) >= 11 is 3.50. The Hall–Kier alpha value is -0.820. The Bertz CT molecular complexity index is 432. The highest BCUT2D eigenvalue weighted by Gasteiger charge is 1.99. The predicted molar refractivity (Wildman–Crippen MR) is 61.3 cm³/mol. The maximum Gasteiger partial charge on any atom is 0.0289 e. The summed E-state index contributed by atoms with van der Waals surface area (Å²) in [5.74, 6) is 0. The van der Waals surface area contributed by atoms with Crippen LogP contribution >= 0.6 is 15.9 Å². The number of halogens is 1. The number of hydrogen-bond donors (Lipinski definition) is 0. The van der Waals surface area contributed by atoms with Crippen LogP contribution in [0.25, 0.3) is 10.8 Å². The molecule has 66 valence electrons. The van der Waals surface area contributed by atoms with Crippen LogP contribution in [0.2, 0.25) is 0 Å². The van der Waals surface area contributed by atoms with E-state index in [9.17, 15) is 0 Å². The fourth-order valence-electron chi connectivity index (χ4n) is 1.65. The van der Waals surface area contributed by atoms with Crippen LogP contribution in [0.5, 0.6) is 0 Å². The molecule has 0 unspecified atom stereocenters. The Morgan fingerprint density at radius 2 is 1.69 bits per heavy atom. The summed E-state index contributed by atoms with van der Waals surface area (Å²) < 4.78 is 0. The van der Waals surface area contributed by atoms with E-state index in [1.54, 1.807) is 0 Å². The first kappa shape index (κ1) is 8.76. The van der Waals surface area contributed by atoms with Gasteiger partial charge in [0.15, 0.2) is 0 Å². The fourth-order valence-corrected chi connectivity index (χ4v) is 2.14. The van der Waals surface area contributed by atoms with E-state index in [0.29, 0.717) is 0 Å². The van der Waals surface area contributed by atoms with Crippen molar-refractivity contribution < 1.29 is 0 Å². The number of hydrogen-bond acceptors (Lipinski definition) is 0. The minimum Gasteiger partial charge on any atom is -0.0876 e. The van der Waals surface area contributed by atoms with Gasteiger partial charge in [0.25, 0.3) is 0 Å². The van der Waals surface area contributed by atoms with Crippen molar-refractivity contribution in [3.63, 3.8) is 0 Å². The second-order valence-corrected chi connectivity index (χ2v) is 3.78. The first-order valence-electron chi connectivity index (χ1n) is 4.36. The minimum atomic E-state index is 0.924. The van der Waals surface area contributed by atoms with Crippen LogP contribution in [0.15, 0.2) is 36.4 Å². The lowest BCUT2D eigenvalue weighted by molar-refractivity contribution is 1.46. The fraction of sp³-hybridized carbons (Fsp3) is 0.167. The van der Waals surface area contributed by atoms with Crippen LogP contribution in [0, 0.1) is 6.92 Å². The summed E-state index contributed by atoms with van der Waals surface area (Å²) in [6.45, 7) is 2.15. The van der Waals surface area contributed by atoms with Crippen molar-refractivity contribution in [2.24, 2.45) is 0 Å². The van der Waals surface area contributed by atoms with Gasteiger partial charge >= 0.3 is 0 Å². The van der Waals surface area contributed by atoms with Crippen molar-refractivity contribution in [3.05, 3.63) is 47.5 Å². The van der Waals surface area contributed by atoms with Crippen molar-refractivity contribution in [3.8, 4) is 0 Å². The second kappa shape index (κ2) is 3.51. The Balaban J connectivity index is 2.84. The minimum absolute atomic E-state index is 0.924. The van der Waals surface area contributed by atoms with Crippen molar-refractivity contribution in [1.29, 1.82) is 0 Å². The lowest BCUT2D eigenvalue weighted by Crippen LogP contribution is -1.83. The highest BCUT2D eigenvalue weighted by Crippen LogP contribution is 2.23. The van der Waals surface area contributed by atoms with Gasteiger partial charge in [-0.15, -0.1) is 0 Å². The molecule has 0 saturated heterocycles. The Morgan fingerprint density at radius 3 is 2.46 bits per heavy atom. The summed E-state index contributed by atoms with van der Waals surface area (Å²) in [6.07, 6.45) is 0. The Kier molecular flexibility index (Phi) is 2.36. The van der Waals surface area contributed by atoms with Crippen LogP contribution in [0.4, 0.5) is 0 Å². The largest absolute Gasteiger partial charge is 0.0876 e. The van der Waals surface area contributed by atoms with E-state index in [1.807, 2.05) is 0 Å². The van der Waals surface area contributed by atoms with Gasteiger partial charge in [0, 0.05) is 5.33 Å². The van der Waals surface area contributed by atoms with E-state index in [2.05, 4.69) is 59.3 Å². The van der Waals surface area contributed by atoms with E-state index < -0.39 is 0 Å². The SMILES string of the molecule is Cc1cccc2c(CBr)cccc12. The topological polar surface area (TPSA) is 0 Å². The molecule has 0 aromatic heterocycles. The zero-order valence-electron chi connectivity index (χ0n) is 7.55. The molecule has 0 aliphatic heterocycles. The standard InChI is InChI=1S/C12H11Br/c1-9-4-2-7-12-10(8-13)5-3-6-11(9)12/h2-7H,8H2,1H3. The zero-order valence-corrected chi connectivity index (χ0v) is 9.14. The quantitative estimate of drug-likeness (QED) is 0.654. The summed E-state index contributed by atoms with van der Waals surface area (Å²) in [6, 6.07) is 12.9. The lowest BCUT2D eigenvalue weighted by atomic mass is 10.0. The molecule has 2 aromatic rings. The summed E-state index contributed by atoms with van der Waals surface area (Å²) in [5.41, 5.74) is 2.71. The average molecular weight is 235 g/mol. The van der Waals surface area contributed by atoms with Crippen LogP contribution < -0.4 is 0 Å².